The molecule has 0 unspecified atom stereocenters. The van der Waals surface area contributed by atoms with E-state index in [1.54, 1.807) is 24.3 Å². The number of rotatable bonds is 25. The number of carbonyl (C=O) groups excluding carboxylic acids is 2. The molecule has 1 aromatic carbocycles. The van der Waals surface area contributed by atoms with Crippen molar-refractivity contribution in [3.05, 3.63) is 42.0 Å². The van der Waals surface area contributed by atoms with Gasteiger partial charge in [-0.15, -0.1) is 6.42 Å². The number of hydrogen-bond donors (Lipinski definition) is 5. The Labute approximate surface area is 265 Å². The summed E-state index contributed by atoms with van der Waals surface area (Å²) in [6.07, 6.45) is 16.3. The van der Waals surface area contributed by atoms with Crippen LogP contribution in [0.3, 0.4) is 0 Å². The molecule has 11 nitrogen and oxygen atoms in total. The van der Waals surface area contributed by atoms with Gasteiger partial charge in [0.2, 0.25) is 5.91 Å². The summed E-state index contributed by atoms with van der Waals surface area (Å²) in [6, 6.07) is 4.79. The number of aliphatic hydroxyl groups is 1. The SMILES string of the molecule is C#CCOc1ccc(C[C@H](NC(=O)[C@H](/C=C/CCCCCCC(=O)CCCCCCC)[C@@](O)(CC(=O)O)C(=O)O)C(=O)O)cc1. The van der Waals surface area contributed by atoms with Gasteiger partial charge in [0.15, 0.2) is 5.60 Å². The number of carboxylic acid groups (broad SMARTS) is 3. The lowest BCUT2D eigenvalue weighted by molar-refractivity contribution is -0.172. The molecule has 0 aliphatic heterocycles. The zero-order valence-corrected chi connectivity index (χ0v) is 26.0. The molecule has 0 aromatic heterocycles. The quantitative estimate of drug-likeness (QED) is 0.0583. The van der Waals surface area contributed by atoms with Crippen LogP contribution in [-0.2, 0) is 30.4 Å². The lowest BCUT2D eigenvalue weighted by Crippen LogP contribution is -2.55. The molecule has 248 valence electrons. The summed E-state index contributed by atoms with van der Waals surface area (Å²) >= 11 is 0. The highest BCUT2D eigenvalue weighted by molar-refractivity contribution is 5.94. The number of ether oxygens (including phenoxy) is 1. The molecule has 11 heteroatoms. The summed E-state index contributed by atoms with van der Waals surface area (Å²) in [6.45, 7) is 2.19. The Morgan fingerprint density at radius 2 is 1.53 bits per heavy atom. The maximum atomic E-state index is 13.2. The van der Waals surface area contributed by atoms with Crippen molar-refractivity contribution >= 4 is 29.6 Å². The molecule has 0 saturated heterocycles. The van der Waals surface area contributed by atoms with Crippen LogP contribution in [0, 0.1) is 18.3 Å². The van der Waals surface area contributed by atoms with Crippen LogP contribution in [0.1, 0.15) is 96.0 Å². The molecule has 0 radical (unpaired) electrons. The lowest BCUT2D eigenvalue weighted by Gasteiger charge is -2.29. The molecular weight excluding hydrogens is 582 g/mol. The Balaban J connectivity index is 2.82. The second-order valence-electron chi connectivity index (χ2n) is 11.1. The van der Waals surface area contributed by atoms with E-state index in [1.807, 2.05) is 0 Å². The van der Waals surface area contributed by atoms with Crippen LogP contribution < -0.4 is 10.1 Å². The first kappa shape index (κ1) is 38.9. The van der Waals surface area contributed by atoms with Gasteiger partial charge in [-0.3, -0.25) is 14.4 Å². The zero-order valence-electron chi connectivity index (χ0n) is 26.0. The van der Waals surface area contributed by atoms with Crippen LogP contribution in [0.4, 0.5) is 0 Å². The molecule has 5 N–H and O–H groups in total. The van der Waals surface area contributed by atoms with Gasteiger partial charge in [-0.25, -0.2) is 9.59 Å². The van der Waals surface area contributed by atoms with E-state index in [0.717, 1.165) is 51.0 Å². The highest BCUT2D eigenvalue weighted by Crippen LogP contribution is 2.26. The van der Waals surface area contributed by atoms with Crippen molar-refractivity contribution < 1.29 is 49.1 Å². The van der Waals surface area contributed by atoms with Crippen LogP contribution >= 0.6 is 0 Å². The number of hydrogen-bond acceptors (Lipinski definition) is 7. The van der Waals surface area contributed by atoms with Crippen molar-refractivity contribution in [2.75, 3.05) is 6.61 Å². The lowest BCUT2D eigenvalue weighted by atomic mass is 9.82. The Bertz CT molecular complexity index is 1170. The van der Waals surface area contributed by atoms with E-state index >= 15 is 0 Å². The predicted octanol–water partition coefficient (Wildman–Crippen LogP) is 4.54. The van der Waals surface area contributed by atoms with Gasteiger partial charge in [-0.2, -0.15) is 0 Å². The second-order valence-corrected chi connectivity index (χ2v) is 11.1. The summed E-state index contributed by atoms with van der Waals surface area (Å²) in [5.41, 5.74) is -2.52. The van der Waals surface area contributed by atoms with Crippen LogP contribution in [0.25, 0.3) is 0 Å². The molecule has 1 aromatic rings. The summed E-state index contributed by atoms with van der Waals surface area (Å²) in [7, 11) is 0. The van der Waals surface area contributed by atoms with Crippen LogP contribution in [0.5, 0.6) is 5.75 Å². The molecule has 3 atom stereocenters. The van der Waals surface area contributed by atoms with Crippen molar-refractivity contribution in [2.24, 2.45) is 5.92 Å². The Hall–Kier alpha value is -4.17. The number of allylic oxidation sites excluding steroid dienone is 1. The highest BCUT2D eigenvalue weighted by Gasteiger charge is 2.49. The highest BCUT2D eigenvalue weighted by atomic mass is 16.5. The second kappa shape index (κ2) is 21.5. The fourth-order valence-electron chi connectivity index (χ4n) is 4.78. The monoisotopic (exact) mass is 629 g/mol. The normalized spacial score (nSPS) is 13.7. The fourth-order valence-corrected chi connectivity index (χ4v) is 4.78. The molecule has 0 aliphatic rings. The van der Waals surface area contributed by atoms with Gasteiger partial charge in [0, 0.05) is 19.3 Å². The average molecular weight is 630 g/mol. The molecule has 0 saturated carbocycles. The number of terminal acetylenes is 1. The molecule has 0 fully saturated rings. The maximum Gasteiger partial charge on any atom is 0.337 e. The van der Waals surface area contributed by atoms with Crippen LogP contribution in [0.2, 0.25) is 0 Å². The number of carboxylic acids is 3. The van der Waals surface area contributed by atoms with Gasteiger partial charge in [0.1, 0.15) is 24.2 Å². The number of unbranched alkanes of at least 4 members (excludes halogenated alkanes) is 8. The van der Waals surface area contributed by atoms with E-state index in [-0.39, 0.29) is 18.8 Å². The van der Waals surface area contributed by atoms with Crippen molar-refractivity contribution in [3.63, 3.8) is 0 Å². The number of carbonyl (C=O) groups is 5. The van der Waals surface area contributed by atoms with E-state index in [4.69, 9.17) is 11.2 Å². The summed E-state index contributed by atoms with van der Waals surface area (Å²) in [4.78, 5) is 60.7. The van der Waals surface area contributed by atoms with Gasteiger partial charge >= 0.3 is 17.9 Å². The third-order valence-corrected chi connectivity index (χ3v) is 7.35. The van der Waals surface area contributed by atoms with Crippen molar-refractivity contribution in [1.82, 2.24) is 5.32 Å². The molecule has 0 bridgehead atoms. The number of benzene rings is 1. The molecule has 0 spiro atoms. The number of Topliss-reactive ketones (excluding diaryl/α,β-unsaturated/α-hetero) is 1. The van der Waals surface area contributed by atoms with E-state index in [0.29, 0.717) is 37.0 Å². The third kappa shape index (κ3) is 15.4. The Morgan fingerprint density at radius 1 is 0.933 bits per heavy atom. The minimum absolute atomic E-state index is 0.0468. The largest absolute Gasteiger partial charge is 0.481 e. The van der Waals surface area contributed by atoms with Crippen molar-refractivity contribution in [2.45, 2.75) is 108 Å². The third-order valence-electron chi connectivity index (χ3n) is 7.35. The predicted molar refractivity (Wildman–Crippen MR) is 168 cm³/mol. The topological polar surface area (TPSA) is 188 Å². The van der Waals surface area contributed by atoms with E-state index in [9.17, 15) is 44.4 Å². The Morgan fingerprint density at radius 3 is 2.07 bits per heavy atom. The fraction of sp³-hybridized carbons (Fsp3) is 0.559. The minimum Gasteiger partial charge on any atom is -0.481 e. The van der Waals surface area contributed by atoms with Crippen molar-refractivity contribution in [1.29, 1.82) is 0 Å². The van der Waals surface area contributed by atoms with Gasteiger partial charge in [0.25, 0.3) is 0 Å². The molecule has 1 amide bonds. The zero-order chi connectivity index (χ0) is 33.7. The van der Waals surface area contributed by atoms with E-state index in [1.165, 1.54) is 12.5 Å². The van der Waals surface area contributed by atoms with Gasteiger partial charge in [-0.1, -0.05) is 75.7 Å². The van der Waals surface area contributed by atoms with Crippen LogP contribution in [0.15, 0.2) is 36.4 Å². The van der Waals surface area contributed by atoms with Gasteiger partial charge < -0.3 is 30.5 Å². The number of aliphatic carboxylic acids is 3. The standard InChI is InChI=1S/C34H47NO10/c1-3-5-6-9-12-15-26(36)16-13-10-7-8-11-14-17-28(34(44,33(42)43)24-30(37)38)31(39)35-29(32(40)41)23-25-18-20-27(21-19-25)45-22-4-2/h2,14,17-21,28-29,44H,3,5-13,15-16,22-24H2,1H3,(H,35,39)(H,37,38)(H,40,41)(H,42,43)/b17-14+/t28-,29-,34-/m0/s1. The first-order valence-electron chi connectivity index (χ1n) is 15.5. The molecule has 0 heterocycles. The number of amides is 1. The van der Waals surface area contributed by atoms with E-state index < -0.39 is 47.8 Å². The summed E-state index contributed by atoms with van der Waals surface area (Å²) in [5.74, 6) is -4.98. The molecule has 45 heavy (non-hydrogen) atoms. The first-order valence-corrected chi connectivity index (χ1v) is 15.5. The van der Waals surface area contributed by atoms with Crippen molar-refractivity contribution in [3.8, 4) is 18.1 Å². The van der Waals surface area contributed by atoms with E-state index in [2.05, 4.69) is 18.2 Å². The number of ketones is 1. The first-order chi connectivity index (χ1) is 21.4. The summed E-state index contributed by atoms with van der Waals surface area (Å²) < 4.78 is 5.28. The minimum atomic E-state index is -3.03. The van der Waals surface area contributed by atoms with Gasteiger partial charge in [-0.05, 0) is 43.4 Å². The average Bonchev–Trinajstić information content (AvgIpc) is 2.98. The summed E-state index contributed by atoms with van der Waals surface area (Å²) in [5, 5.41) is 41.8. The molecular formula is C34H47NO10. The smallest absolute Gasteiger partial charge is 0.337 e. The van der Waals surface area contributed by atoms with Gasteiger partial charge in [0.05, 0.1) is 12.3 Å². The maximum absolute atomic E-state index is 13.2. The number of nitrogens with one attached hydrogen (secondary N) is 1. The Kier molecular flexibility index (Phi) is 18.6. The van der Waals surface area contributed by atoms with Crippen LogP contribution in [-0.4, -0.2) is 68.3 Å². The molecule has 1 rings (SSSR count). The molecule has 0 aliphatic carbocycles.